The van der Waals surface area contributed by atoms with Crippen molar-refractivity contribution < 1.29 is 9.59 Å². The van der Waals surface area contributed by atoms with Crippen molar-refractivity contribution in [1.82, 2.24) is 10.2 Å². The Morgan fingerprint density at radius 1 is 1.04 bits per heavy atom. The van der Waals surface area contributed by atoms with Crippen molar-refractivity contribution in [2.24, 2.45) is 0 Å². The number of likely N-dealkylation sites (N-methyl/N-ethyl adjacent to an activating group) is 1. The molecule has 2 amide bonds. The molecule has 0 spiro atoms. The van der Waals surface area contributed by atoms with Crippen LogP contribution >= 0.6 is 23.2 Å². The van der Waals surface area contributed by atoms with Crippen LogP contribution in [0.15, 0.2) is 36.4 Å². The third-order valence-electron chi connectivity index (χ3n) is 4.38. The smallest absolute Gasteiger partial charge is 0.238 e. The van der Waals surface area contributed by atoms with Crippen molar-refractivity contribution in [3.05, 3.63) is 63.1 Å². The lowest BCUT2D eigenvalue weighted by atomic mass is 10.1. The van der Waals surface area contributed by atoms with Gasteiger partial charge in [-0.15, -0.1) is 0 Å². The minimum absolute atomic E-state index is 0.0930. The van der Waals surface area contributed by atoms with E-state index in [9.17, 15) is 9.59 Å². The first kappa shape index (κ1) is 22.2. The fourth-order valence-electron chi connectivity index (χ4n) is 2.95. The number of benzene rings is 2. The maximum absolute atomic E-state index is 12.3. The quantitative estimate of drug-likeness (QED) is 0.697. The van der Waals surface area contributed by atoms with E-state index in [0.29, 0.717) is 10.0 Å². The lowest BCUT2D eigenvalue weighted by Crippen LogP contribution is -2.39. The average molecular weight is 422 g/mol. The van der Waals surface area contributed by atoms with Crippen molar-refractivity contribution in [2.45, 2.75) is 26.8 Å². The molecule has 2 N–H and O–H groups in total. The Bertz CT molecular complexity index is 850. The molecule has 0 aliphatic heterocycles. The molecule has 0 heterocycles. The highest BCUT2D eigenvalue weighted by atomic mass is 35.5. The summed E-state index contributed by atoms with van der Waals surface area (Å²) < 4.78 is 0. The zero-order valence-electron chi connectivity index (χ0n) is 16.5. The predicted molar refractivity (Wildman–Crippen MR) is 115 cm³/mol. The number of carbonyl (C=O) groups is 2. The number of para-hydroxylation sites is 1. The summed E-state index contributed by atoms with van der Waals surface area (Å²) in [5, 5.41) is 6.85. The summed E-state index contributed by atoms with van der Waals surface area (Å²) in [7, 11) is 1.73. The predicted octanol–water partition coefficient (Wildman–Crippen LogP) is 4.36. The molecule has 2 aromatic carbocycles. The van der Waals surface area contributed by atoms with Gasteiger partial charge in [-0.25, -0.2) is 0 Å². The van der Waals surface area contributed by atoms with Crippen LogP contribution in [0.3, 0.4) is 0 Å². The van der Waals surface area contributed by atoms with E-state index in [2.05, 4.69) is 10.6 Å². The fourth-order valence-corrected chi connectivity index (χ4v) is 3.53. The number of rotatable bonds is 7. The van der Waals surface area contributed by atoms with E-state index >= 15 is 0 Å². The van der Waals surface area contributed by atoms with Gasteiger partial charge >= 0.3 is 0 Å². The standard InChI is InChI=1S/C21H25Cl2N3O2/c1-13-6-5-7-14(2)21(13)25-20(28)12-26(4)11-19(27)24-15(3)17-9-8-16(22)10-18(17)23/h5-10,15H,11-12H2,1-4H3,(H,24,27)(H,25,28)/t15-/m0/s1. The lowest BCUT2D eigenvalue weighted by molar-refractivity contribution is -0.123. The minimum atomic E-state index is -0.269. The number of anilines is 1. The van der Waals surface area contributed by atoms with Crippen molar-refractivity contribution in [3.8, 4) is 0 Å². The highest BCUT2D eigenvalue weighted by Crippen LogP contribution is 2.26. The van der Waals surface area contributed by atoms with Gasteiger partial charge in [0.25, 0.3) is 0 Å². The molecule has 5 nitrogen and oxygen atoms in total. The van der Waals surface area contributed by atoms with Crippen molar-refractivity contribution in [3.63, 3.8) is 0 Å². The molecule has 0 aliphatic carbocycles. The van der Waals surface area contributed by atoms with Crippen molar-refractivity contribution in [1.29, 1.82) is 0 Å². The first-order chi connectivity index (χ1) is 13.2. The molecule has 0 saturated carbocycles. The first-order valence-corrected chi connectivity index (χ1v) is 9.72. The van der Waals surface area contributed by atoms with Crippen molar-refractivity contribution in [2.75, 3.05) is 25.5 Å². The highest BCUT2D eigenvalue weighted by molar-refractivity contribution is 6.35. The molecular weight excluding hydrogens is 397 g/mol. The largest absolute Gasteiger partial charge is 0.348 e. The van der Waals surface area contributed by atoms with E-state index in [4.69, 9.17) is 23.2 Å². The van der Waals surface area contributed by atoms with Crippen LogP contribution in [0.2, 0.25) is 10.0 Å². The number of carbonyl (C=O) groups excluding carboxylic acids is 2. The molecule has 2 aromatic rings. The molecule has 0 bridgehead atoms. The van der Waals surface area contributed by atoms with E-state index in [1.165, 1.54) is 0 Å². The van der Waals surface area contributed by atoms with Gasteiger partial charge in [0.15, 0.2) is 0 Å². The van der Waals surface area contributed by atoms with Crippen LogP contribution in [-0.2, 0) is 9.59 Å². The molecule has 7 heteroatoms. The zero-order chi connectivity index (χ0) is 20.8. The number of hydrogen-bond donors (Lipinski definition) is 2. The Kier molecular flexibility index (Phi) is 7.87. The molecule has 0 radical (unpaired) electrons. The SMILES string of the molecule is Cc1cccc(C)c1NC(=O)CN(C)CC(=O)N[C@@H](C)c1ccc(Cl)cc1Cl. The van der Waals surface area contributed by atoms with Gasteiger partial charge in [0.1, 0.15) is 0 Å². The summed E-state index contributed by atoms with van der Waals surface area (Å²) in [6.07, 6.45) is 0. The van der Waals surface area contributed by atoms with Gasteiger partial charge in [0.2, 0.25) is 11.8 Å². The van der Waals surface area contributed by atoms with Crippen LogP contribution in [0.5, 0.6) is 0 Å². The third kappa shape index (κ3) is 6.23. The maximum Gasteiger partial charge on any atom is 0.238 e. The second-order valence-corrected chi connectivity index (χ2v) is 7.79. The number of hydrogen-bond acceptors (Lipinski definition) is 3. The van der Waals surface area contributed by atoms with Gasteiger partial charge in [0.05, 0.1) is 19.1 Å². The van der Waals surface area contributed by atoms with Crippen LogP contribution in [0.1, 0.15) is 29.7 Å². The molecule has 1 atom stereocenters. The molecule has 28 heavy (non-hydrogen) atoms. The van der Waals surface area contributed by atoms with E-state index in [-0.39, 0.29) is 30.9 Å². The van der Waals surface area contributed by atoms with Gasteiger partial charge < -0.3 is 10.6 Å². The second-order valence-electron chi connectivity index (χ2n) is 6.94. The Morgan fingerprint density at radius 3 is 2.25 bits per heavy atom. The number of nitrogens with zero attached hydrogens (tertiary/aromatic N) is 1. The topological polar surface area (TPSA) is 61.4 Å². The summed E-state index contributed by atoms with van der Waals surface area (Å²) in [5.74, 6) is -0.359. The number of aryl methyl sites for hydroxylation is 2. The molecule has 0 unspecified atom stereocenters. The summed E-state index contributed by atoms with van der Waals surface area (Å²) in [6, 6.07) is 10.7. The molecule has 0 aromatic heterocycles. The maximum atomic E-state index is 12.3. The van der Waals surface area contributed by atoms with Crippen LogP contribution < -0.4 is 10.6 Å². The number of amides is 2. The molecule has 0 saturated heterocycles. The Hall–Kier alpha value is -2.08. The lowest BCUT2D eigenvalue weighted by Gasteiger charge is -2.20. The van der Waals surface area contributed by atoms with E-state index in [0.717, 1.165) is 22.4 Å². The van der Waals surface area contributed by atoms with Gasteiger partial charge in [-0.2, -0.15) is 0 Å². The van der Waals surface area contributed by atoms with E-state index in [1.54, 1.807) is 30.1 Å². The van der Waals surface area contributed by atoms with Gasteiger partial charge in [0, 0.05) is 15.7 Å². The van der Waals surface area contributed by atoms with Gasteiger partial charge in [-0.05, 0) is 56.6 Å². The summed E-state index contributed by atoms with van der Waals surface area (Å²) >= 11 is 12.1. The zero-order valence-corrected chi connectivity index (χ0v) is 18.0. The Morgan fingerprint density at radius 2 is 1.64 bits per heavy atom. The van der Waals surface area contributed by atoms with Gasteiger partial charge in [-0.3, -0.25) is 14.5 Å². The Labute approximate surface area is 176 Å². The Balaban J connectivity index is 1.87. The third-order valence-corrected chi connectivity index (χ3v) is 4.94. The van der Waals surface area contributed by atoms with Crippen LogP contribution in [-0.4, -0.2) is 36.9 Å². The minimum Gasteiger partial charge on any atom is -0.348 e. The van der Waals surface area contributed by atoms with Crippen LogP contribution in [0, 0.1) is 13.8 Å². The van der Waals surface area contributed by atoms with Crippen molar-refractivity contribution >= 4 is 40.7 Å². The van der Waals surface area contributed by atoms with Gasteiger partial charge in [-0.1, -0.05) is 47.5 Å². The normalized spacial score (nSPS) is 12.0. The highest BCUT2D eigenvalue weighted by Gasteiger charge is 2.16. The van der Waals surface area contributed by atoms with E-state index < -0.39 is 0 Å². The second kappa shape index (κ2) is 9.92. The number of halogens is 2. The van der Waals surface area contributed by atoms with Crippen LogP contribution in [0.25, 0.3) is 0 Å². The summed E-state index contributed by atoms with van der Waals surface area (Å²) in [5.41, 5.74) is 3.61. The summed E-state index contributed by atoms with van der Waals surface area (Å²) in [4.78, 5) is 26.3. The summed E-state index contributed by atoms with van der Waals surface area (Å²) in [6.45, 7) is 5.94. The van der Waals surface area contributed by atoms with E-state index in [1.807, 2.05) is 39.0 Å². The molecule has 2 rings (SSSR count). The monoisotopic (exact) mass is 421 g/mol. The van der Waals surface area contributed by atoms with Crippen LogP contribution in [0.4, 0.5) is 5.69 Å². The average Bonchev–Trinajstić information content (AvgIpc) is 2.57. The fraction of sp³-hybridized carbons (Fsp3) is 0.333. The molecule has 0 aliphatic rings. The number of nitrogens with one attached hydrogen (secondary N) is 2. The molecular formula is C21H25Cl2N3O2. The molecule has 0 fully saturated rings. The first-order valence-electron chi connectivity index (χ1n) is 8.96. The molecule has 150 valence electrons.